The number of ether oxygens (including phenoxy) is 1. The number of nitriles is 1. The standard InChI is InChI=1S/C16H14N2O3S2/c17-6-3-7-18-15(19)11-21-16(20)13(14-5-2-9-23-14)10-12-4-1-8-22-12/h1-2,4-5,8-10H,3,7,11H2,(H,18,19)/b13-10+. The molecular formula is C16H14N2O3S2. The molecule has 0 saturated carbocycles. The van der Waals surface area contributed by atoms with Gasteiger partial charge in [0.2, 0.25) is 0 Å². The summed E-state index contributed by atoms with van der Waals surface area (Å²) in [5.41, 5.74) is 0.423. The van der Waals surface area contributed by atoms with Crippen molar-refractivity contribution in [3.8, 4) is 6.07 Å². The second-order valence-electron chi connectivity index (χ2n) is 4.38. The Balaban J connectivity index is 2.01. The lowest BCUT2D eigenvalue weighted by molar-refractivity contribution is -0.142. The van der Waals surface area contributed by atoms with Crippen LogP contribution in [0.4, 0.5) is 0 Å². The van der Waals surface area contributed by atoms with E-state index in [0.29, 0.717) is 5.57 Å². The molecule has 0 bridgehead atoms. The highest BCUT2D eigenvalue weighted by Gasteiger charge is 2.16. The van der Waals surface area contributed by atoms with Gasteiger partial charge in [0.15, 0.2) is 6.61 Å². The zero-order valence-electron chi connectivity index (χ0n) is 12.2. The Kier molecular flexibility index (Phi) is 6.54. The summed E-state index contributed by atoms with van der Waals surface area (Å²) in [6.45, 7) is -0.118. The Morgan fingerprint density at radius 1 is 1.26 bits per heavy atom. The number of carbonyl (C=O) groups excluding carboxylic acids is 2. The van der Waals surface area contributed by atoms with E-state index in [4.69, 9.17) is 10.00 Å². The summed E-state index contributed by atoms with van der Waals surface area (Å²) in [6, 6.07) is 9.41. The van der Waals surface area contributed by atoms with Crippen LogP contribution in [0.2, 0.25) is 0 Å². The van der Waals surface area contributed by atoms with Crippen molar-refractivity contribution in [1.82, 2.24) is 5.32 Å². The fourth-order valence-electron chi connectivity index (χ4n) is 1.70. The molecule has 2 aromatic rings. The Morgan fingerprint density at radius 2 is 2.04 bits per heavy atom. The summed E-state index contributed by atoms with van der Waals surface area (Å²) < 4.78 is 5.08. The summed E-state index contributed by atoms with van der Waals surface area (Å²) in [6.07, 6.45) is 1.98. The van der Waals surface area contributed by atoms with Crippen molar-refractivity contribution in [2.75, 3.05) is 13.2 Å². The molecule has 118 valence electrons. The molecule has 23 heavy (non-hydrogen) atoms. The Labute approximate surface area is 141 Å². The number of rotatable bonds is 7. The zero-order chi connectivity index (χ0) is 16.5. The van der Waals surface area contributed by atoms with Crippen molar-refractivity contribution in [3.05, 3.63) is 44.8 Å². The molecule has 1 amide bonds. The van der Waals surface area contributed by atoms with E-state index in [1.807, 2.05) is 41.1 Å². The summed E-state index contributed by atoms with van der Waals surface area (Å²) in [4.78, 5) is 25.5. The van der Waals surface area contributed by atoms with Crippen LogP contribution in [0.1, 0.15) is 16.2 Å². The van der Waals surface area contributed by atoms with E-state index in [0.717, 1.165) is 9.75 Å². The quantitative estimate of drug-likeness (QED) is 0.475. The maximum Gasteiger partial charge on any atom is 0.340 e. The predicted molar refractivity (Wildman–Crippen MR) is 90.7 cm³/mol. The third-order valence-corrected chi connectivity index (χ3v) is 4.45. The number of hydrogen-bond donors (Lipinski definition) is 1. The van der Waals surface area contributed by atoms with Gasteiger partial charge in [0, 0.05) is 16.3 Å². The second kappa shape index (κ2) is 8.88. The Morgan fingerprint density at radius 3 is 2.70 bits per heavy atom. The maximum atomic E-state index is 12.3. The third kappa shape index (κ3) is 5.36. The van der Waals surface area contributed by atoms with Crippen LogP contribution in [0.3, 0.4) is 0 Å². The van der Waals surface area contributed by atoms with Gasteiger partial charge in [-0.3, -0.25) is 4.79 Å². The topological polar surface area (TPSA) is 79.2 Å². The molecule has 0 atom stereocenters. The summed E-state index contributed by atoms with van der Waals surface area (Å²) in [7, 11) is 0. The fourth-order valence-corrected chi connectivity index (χ4v) is 3.08. The molecule has 0 saturated heterocycles. The normalized spacial score (nSPS) is 10.8. The minimum atomic E-state index is -0.545. The van der Waals surface area contributed by atoms with E-state index in [-0.39, 0.29) is 19.6 Å². The molecular weight excluding hydrogens is 332 g/mol. The van der Waals surface area contributed by atoms with Gasteiger partial charge >= 0.3 is 5.97 Å². The van der Waals surface area contributed by atoms with Crippen molar-refractivity contribution < 1.29 is 14.3 Å². The first-order valence-electron chi connectivity index (χ1n) is 6.80. The highest BCUT2D eigenvalue weighted by Crippen LogP contribution is 2.25. The molecule has 7 heteroatoms. The molecule has 2 rings (SSSR count). The van der Waals surface area contributed by atoms with Crippen molar-refractivity contribution in [1.29, 1.82) is 5.26 Å². The molecule has 0 unspecified atom stereocenters. The van der Waals surface area contributed by atoms with Gasteiger partial charge in [-0.15, -0.1) is 22.7 Å². The van der Waals surface area contributed by atoms with E-state index in [9.17, 15) is 9.59 Å². The molecule has 5 nitrogen and oxygen atoms in total. The largest absolute Gasteiger partial charge is 0.452 e. The SMILES string of the molecule is N#CCCNC(=O)COC(=O)/C(=C/c1cccs1)c1cccs1. The average Bonchev–Trinajstić information content (AvgIpc) is 3.23. The summed E-state index contributed by atoms with van der Waals surface area (Å²) in [5.74, 6) is -0.966. The maximum absolute atomic E-state index is 12.3. The molecule has 0 radical (unpaired) electrons. The van der Waals surface area contributed by atoms with Gasteiger partial charge in [-0.05, 0) is 29.0 Å². The molecule has 0 fully saturated rings. The van der Waals surface area contributed by atoms with Gasteiger partial charge in [-0.1, -0.05) is 12.1 Å². The summed E-state index contributed by atoms with van der Waals surface area (Å²) in [5, 5.41) is 14.7. The average molecular weight is 346 g/mol. The lowest BCUT2D eigenvalue weighted by atomic mass is 10.2. The van der Waals surface area contributed by atoms with Crippen molar-refractivity contribution in [2.24, 2.45) is 0 Å². The van der Waals surface area contributed by atoms with Crippen molar-refractivity contribution >= 4 is 46.2 Å². The number of hydrogen-bond acceptors (Lipinski definition) is 6. The van der Waals surface area contributed by atoms with Gasteiger partial charge < -0.3 is 10.1 Å². The van der Waals surface area contributed by atoms with Crippen LogP contribution >= 0.6 is 22.7 Å². The number of carbonyl (C=O) groups is 2. The van der Waals surface area contributed by atoms with Crippen LogP contribution < -0.4 is 5.32 Å². The highest BCUT2D eigenvalue weighted by molar-refractivity contribution is 7.12. The predicted octanol–water partition coefficient (Wildman–Crippen LogP) is 2.92. The minimum Gasteiger partial charge on any atom is -0.452 e. The van der Waals surface area contributed by atoms with Crippen LogP contribution in [0, 0.1) is 11.3 Å². The van der Waals surface area contributed by atoms with E-state index >= 15 is 0 Å². The smallest absolute Gasteiger partial charge is 0.340 e. The number of thiophene rings is 2. The highest BCUT2D eigenvalue weighted by atomic mass is 32.1. The lowest BCUT2D eigenvalue weighted by Gasteiger charge is -2.07. The minimum absolute atomic E-state index is 0.221. The second-order valence-corrected chi connectivity index (χ2v) is 6.31. The first kappa shape index (κ1) is 16.9. The van der Waals surface area contributed by atoms with E-state index in [1.54, 1.807) is 6.08 Å². The molecule has 2 aromatic heterocycles. The van der Waals surface area contributed by atoms with Crippen molar-refractivity contribution in [3.63, 3.8) is 0 Å². The van der Waals surface area contributed by atoms with E-state index < -0.39 is 11.9 Å². The fraction of sp³-hybridized carbons (Fsp3) is 0.188. The molecule has 0 aromatic carbocycles. The number of amides is 1. The third-order valence-electron chi connectivity index (χ3n) is 2.73. The molecule has 0 aliphatic heterocycles. The molecule has 2 heterocycles. The van der Waals surface area contributed by atoms with Gasteiger partial charge in [0.25, 0.3) is 5.91 Å². The Hall–Kier alpha value is -2.43. The zero-order valence-corrected chi connectivity index (χ0v) is 13.8. The van der Waals surface area contributed by atoms with Crippen LogP contribution in [0.25, 0.3) is 11.6 Å². The van der Waals surface area contributed by atoms with Crippen LogP contribution in [0.5, 0.6) is 0 Å². The molecule has 0 aliphatic rings. The van der Waals surface area contributed by atoms with Crippen molar-refractivity contribution in [2.45, 2.75) is 6.42 Å². The monoisotopic (exact) mass is 346 g/mol. The van der Waals surface area contributed by atoms with Crippen LogP contribution in [-0.2, 0) is 14.3 Å². The summed E-state index contributed by atoms with van der Waals surface area (Å²) >= 11 is 2.95. The Bertz CT molecular complexity index is 713. The number of nitrogens with zero attached hydrogens (tertiary/aromatic N) is 1. The van der Waals surface area contributed by atoms with Gasteiger partial charge in [-0.25, -0.2) is 4.79 Å². The molecule has 1 N–H and O–H groups in total. The van der Waals surface area contributed by atoms with Gasteiger partial charge in [0.05, 0.1) is 18.1 Å². The van der Waals surface area contributed by atoms with Crippen LogP contribution in [0.15, 0.2) is 35.0 Å². The lowest BCUT2D eigenvalue weighted by Crippen LogP contribution is -2.29. The number of nitrogens with one attached hydrogen (secondary N) is 1. The molecule has 0 spiro atoms. The van der Waals surface area contributed by atoms with E-state index in [1.165, 1.54) is 22.7 Å². The first-order chi connectivity index (χ1) is 11.2. The molecule has 0 aliphatic carbocycles. The van der Waals surface area contributed by atoms with Gasteiger partial charge in [-0.2, -0.15) is 5.26 Å². The number of esters is 1. The first-order valence-corrected chi connectivity index (χ1v) is 8.56. The van der Waals surface area contributed by atoms with Gasteiger partial charge in [0.1, 0.15) is 0 Å². The van der Waals surface area contributed by atoms with Crippen LogP contribution in [-0.4, -0.2) is 25.0 Å². The van der Waals surface area contributed by atoms with E-state index in [2.05, 4.69) is 5.32 Å².